The highest BCUT2D eigenvalue weighted by molar-refractivity contribution is 6.19. The molecule has 8 heteroatoms. The number of amides is 1. The largest absolute Gasteiger partial charge is 0.497 e. The Morgan fingerprint density at radius 3 is 2.57 bits per heavy atom. The second kappa shape index (κ2) is 8.75. The van der Waals surface area contributed by atoms with Crippen molar-refractivity contribution in [1.82, 2.24) is 15.3 Å². The molecule has 0 spiro atoms. The molecule has 7 nitrogen and oxygen atoms in total. The highest BCUT2D eigenvalue weighted by Crippen LogP contribution is 2.29. The van der Waals surface area contributed by atoms with Gasteiger partial charge in [-0.2, -0.15) is 0 Å². The van der Waals surface area contributed by atoms with E-state index >= 15 is 0 Å². The van der Waals surface area contributed by atoms with Crippen LogP contribution in [0.4, 0.5) is 16.3 Å². The third-order valence-corrected chi connectivity index (χ3v) is 4.16. The number of nitrogens with zero attached hydrogens (tertiary/aromatic N) is 3. The molecule has 1 amide bonds. The molecule has 1 heterocycles. The first-order valence-corrected chi connectivity index (χ1v) is 9.13. The van der Waals surface area contributed by atoms with Crippen LogP contribution in [0.5, 0.6) is 5.75 Å². The molecule has 1 N–H and O–H groups in total. The Labute approximate surface area is 168 Å². The summed E-state index contributed by atoms with van der Waals surface area (Å²) in [5, 5.41) is 3.51. The number of methoxy groups -OCH3 is 1. The lowest BCUT2D eigenvalue weighted by Gasteiger charge is -2.21. The van der Waals surface area contributed by atoms with Crippen LogP contribution >= 0.6 is 11.6 Å². The molecule has 0 aliphatic rings. The van der Waals surface area contributed by atoms with Gasteiger partial charge in [-0.1, -0.05) is 23.7 Å². The van der Waals surface area contributed by atoms with Crippen molar-refractivity contribution in [2.45, 2.75) is 19.0 Å². The first-order valence-electron chi connectivity index (χ1n) is 8.70. The number of fused-ring (bicyclic) bond motifs is 1. The van der Waals surface area contributed by atoms with Gasteiger partial charge in [0.2, 0.25) is 0 Å². The summed E-state index contributed by atoms with van der Waals surface area (Å²) in [5.41, 5.74) is 1.01. The number of para-hydroxylation sites is 1. The summed E-state index contributed by atoms with van der Waals surface area (Å²) in [6.45, 7) is 1.69. The van der Waals surface area contributed by atoms with Gasteiger partial charge in [-0.15, -0.1) is 0 Å². The Morgan fingerprint density at radius 2 is 1.89 bits per heavy atom. The molecule has 0 aliphatic heterocycles. The van der Waals surface area contributed by atoms with E-state index in [2.05, 4.69) is 15.3 Å². The lowest BCUT2D eigenvalue weighted by atomic mass is 10.2. The monoisotopic (exact) mass is 400 g/mol. The number of halogens is 1. The summed E-state index contributed by atoms with van der Waals surface area (Å²) in [6.07, 6.45) is -0.621. The van der Waals surface area contributed by atoms with Crippen molar-refractivity contribution >= 4 is 40.1 Å². The van der Waals surface area contributed by atoms with E-state index in [0.717, 1.165) is 28.2 Å². The minimum absolute atomic E-state index is 0.122. The zero-order chi connectivity index (χ0) is 20.1. The quantitative estimate of drug-likeness (QED) is 0.624. The number of nitrogens with one attached hydrogen (secondary N) is 1. The van der Waals surface area contributed by atoms with Gasteiger partial charge >= 0.3 is 6.09 Å². The number of ether oxygens (including phenoxy) is 2. The predicted octanol–water partition coefficient (Wildman–Crippen LogP) is 4.22. The average Bonchev–Trinajstić information content (AvgIpc) is 2.70. The van der Waals surface area contributed by atoms with Crippen molar-refractivity contribution in [3.05, 3.63) is 54.4 Å². The Balaban J connectivity index is 1.92. The fraction of sp³-hybridized carbons (Fsp3) is 0.250. The van der Waals surface area contributed by atoms with E-state index in [1.807, 2.05) is 60.5 Å². The minimum atomic E-state index is -0.714. The predicted molar refractivity (Wildman–Crippen MR) is 109 cm³/mol. The third kappa shape index (κ3) is 4.61. The van der Waals surface area contributed by atoms with Gasteiger partial charge in [0, 0.05) is 18.1 Å². The lowest BCUT2D eigenvalue weighted by Crippen LogP contribution is -2.27. The molecule has 0 saturated heterocycles. The van der Waals surface area contributed by atoms with Gasteiger partial charge in [0.25, 0.3) is 0 Å². The first-order chi connectivity index (χ1) is 13.5. The van der Waals surface area contributed by atoms with Gasteiger partial charge in [-0.25, -0.2) is 14.8 Å². The SMILES string of the molecule is COc1ccc(N(C)c2nc(CNC(=O)OC(C)Cl)nc3ccccc23)cc1. The van der Waals surface area contributed by atoms with E-state index in [1.165, 1.54) is 0 Å². The summed E-state index contributed by atoms with van der Waals surface area (Å²) in [6, 6.07) is 15.4. The summed E-state index contributed by atoms with van der Waals surface area (Å²) in [4.78, 5) is 22.8. The molecule has 1 aromatic heterocycles. The van der Waals surface area contributed by atoms with Gasteiger partial charge in [0.15, 0.2) is 11.4 Å². The maximum absolute atomic E-state index is 11.7. The Kier molecular flexibility index (Phi) is 6.16. The molecule has 3 rings (SSSR count). The Morgan fingerprint density at radius 1 is 1.18 bits per heavy atom. The molecular weight excluding hydrogens is 380 g/mol. The second-order valence-corrected chi connectivity index (χ2v) is 6.65. The van der Waals surface area contributed by atoms with Gasteiger partial charge in [0.1, 0.15) is 11.6 Å². The number of rotatable bonds is 6. The van der Waals surface area contributed by atoms with Gasteiger partial charge in [-0.3, -0.25) is 0 Å². The summed E-state index contributed by atoms with van der Waals surface area (Å²) < 4.78 is 10.1. The zero-order valence-corrected chi connectivity index (χ0v) is 16.6. The summed E-state index contributed by atoms with van der Waals surface area (Å²) in [5.74, 6) is 1.97. The fourth-order valence-electron chi connectivity index (χ4n) is 2.71. The zero-order valence-electron chi connectivity index (χ0n) is 15.8. The van der Waals surface area contributed by atoms with Crippen LogP contribution in [0, 0.1) is 0 Å². The van der Waals surface area contributed by atoms with E-state index in [0.29, 0.717) is 5.82 Å². The summed E-state index contributed by atoms with van der Waals surface area (Å²) in [7, 11) is 3.56. The van der Waals surface area contributed by atoms with Gasteiger partial charge < -0.3 is 19.7 Å². The van der Waals surface area contributed by atoms with Crippen LogP contribution in [0.2, 0.25) is 0 Å². The van der Waals surface area contributed by atoms with Crippen molar-refractivity contribution in [1.29, 1.82) is 0 Å². The number of carbonyl (C=O) groups is 1. The molecule has 1 atom stereocenters. The van der Waals surface area contributed by atoms with Crippen LogP contribution in [-0.2, 0) is 11.3 Å². The number of hydrogen-bond acceptors (Lipinski definition) is 6. The van der Waals surface area contributed by atoms with Crippen LogP contribution in [0.25, 0.3) is 10.9 Å². The minimum Gasteiger partial charge on any atom is -0.497 e. The van der Waals surface area contributed by atoms with Crippen molar-refractivity contribution in [3.63, 3.8) is 0 Å². The molecule has 146 valence electrons. The molecule has 2 aromatic carbocycles. The highest BCUT2D eigenvalue weighted by Gasteiger charge is 2.14. The van der Waals surface area contributed by atoms with Crippen molar-refractivity contribution in [3.8, 4) is 5.75 Å². The van der Waals surface area contributed by atoms with E-state index < -0.39 is 11.7 Å². The molecule has 3 aromatic rings. The molecular formula is C20H21ClN4O3. The number of aromatic nitrogens is 2. The number of hydrogen-bond donors (Lipinski definition) is 1. The molecule has 0 bridgehead atoms. The second-order valence-electron chi connectivity index (χ2n) is 6.04. The third-order valence-electron chi connectivity index (χ3n) is 4.07. The van der Waals surface area contributed by atoms with Crippen LogP contribution in [0.3, 0.4) is 0 Å². The van der Waals surface area contributed by atoms with E-state index in [1.54, 1.807) is 14.0 Å². The molecule has 0 fully saturated rings. The lowest BCUT2D eigenvalue weighted by molar-refractivity contribution is 0.138. The number of benzene rings is 2. The van der Waals surface area contributed by atoms with Crippen LogP contribution in [-0.4, -0.2) is 35.8 Å². The standard InChI is InChI=1S/C20H21ClN4O3/c1-13(21)28-20(26)22-12-18-23-17-7-5-4-6-16(17)19(24-18)25(2)14-8-10-15(27-3)11-9-14/h4-11,13H,12H2,1-3H3,(H,22,26). The Hall–Kier alpha value is -3.06. The maximum Gasteiger partial charge on any atom is 0.408 e. The number of carbonyl (C=O) groups excluding carboxylic acids is 1. The van der Waals surface area contributed by atoms with E-state index in [4.69, 9.17) is 21.1 Å². The molecule has 28 heavy (non-hydrogen) atoms. The normalized spacial score (nSPS) is 11.7. The van der Waals surface area contributed by atoms with Crippen LogP contribution in [0.15, 0.2) is 48.5 Å². The molecule has 0 saturated carbocycles. The average molecular weight is 401 g/mol. The number of anilines is 2. The van der Waals surface area contributed by atoms with Crippen molar-refractivity contribution in [2.24, 2.45) is 0 Å². The molecule has 1 unspecified atom stereocenters. The summed E-state index contributed by atoms with van der Waals surface area (Å²) >= 11 is 5.66. The van der Waals surface area contributed by atoms with Crippen LogP contribution < -0.4 is 15.0 Å². The molecule has 0 radical (unpaired) electrons. The van der Waals surface area contributed by atoms with E-state index in [9.17, 15) is 4.79 Å². The highest BCUT2D eigenvalue weighted by atomic mass is 35.5. The number of alkyl halides is 1. The van der Waals surface area contributed by atoms with Gasteiger partial charge in [0.05, 0.1) is 19.2 Å². The first kappa shape index (κ1) is 19.7. The fourth-order valence-corrected chi connectivity index (χ4v) is 2.79. The maximum atomic E-state index is 11.7. The molecule has 0 aliphatic carbocycles. The van der Waals surface area contributed by atoms with Crippen molar-refractivity contribution < 1.29 is 14.3 Å². The smallest absolute Gasteiger partial charge is 0.408 e. The topological polar surface area (TPSA) is 76.6 Å². The van der Waals surface area contributed by atoms with E-state index in [-0.39, 0.29) is 6.54 Å². The Bertz CT molecular complexity index is 963. The van der Waals surface area contributed by atoms with Gasteiger partial charge in [-0.05, 0) is 43.3 Å². The van der Waals surface area contributed by atoms with Crippen molar-refractivity contribution in [2.75, 3.05) is 19.1 Å². The number of alkyl carbamates (subject to hydrolysis) is 1. The van der Waals surface area contributed by atoms with Crippen LogP contribution in [0.1, 0.15) is 12.7 Å².